The zero-order chi connectivity index (χ0) is 14.0. The number of nitrogens with one attached hydrogen (secondary N) is 1. The first kappa shape index (κ1) is 15.9. The molecule has 0 saturated carbocycles. The largest absolute Gasteiger partial charge is 0.396 e. The van der Waals surface area contributed by atoms with Gasteiger partial charge >= 0.3 is 0 Å². The normalized spacial score (nSPS) is 12.7. The zero-order valence-corrected chi connectivity index (χ0v) is 13.2. The van der Waals surface area contributed by atoms with Crippen LogP contribution in [0.3, 0.4) is 0 Å². The van der Waals surface area contributed by atoms with Crippen molar-refractivity contribution in [2.24, 2.45) is 0 Å². The van der Waals surface area contributed by atoms with E-state index in [1.54, 1.807) is 19.9 Å². The van der Waals surface area contributed by atoms with Crippen LogP contribution in [0.25, 0.3) is 0 Å². The van der Waals surface area contributed by atoms with Gasteiger partial charge in [0.05, 0.1) is 5.02 Å². The Hall–Kier alpha value is -0.140. The molecule has 7 heteroatoms. The Morgan fingerprint density at radius 3 is 2.56 bits per heavy atom. The molecule has 0 aliphatic heterocycles. The molecule has 0 heterocycles. The maximum absolute atomic E-state index is 12.2. The Balaban J connectivity index is 3.07. The van der Waals surface area contributed by atoms with E-state index < -0.39 is 15.6 Å². The summed E-state index contributed by atoms with van der Waals surface area (Å²) in [5, 5.41) is 9.04. The van der Waals surface area contributed by atoms with Crippen molar-refractivity contribution in [3.63, 3.8) is 0 Å². The molecule has 0 spiro atoms. The van der Waals surface area contributed by atoms with Gasteiger partial charge in [0.2, 0.25) is 10.0 Å². The number of rotatable bonds is 5. The first-order valence-electron chi connectivity index (χ1n) is 5.28. The molecule has 0 radical (unpaired) electrons. The summed E-state index contributed by atoms with van der Waals surface area (Å²) < 4.78 is 27.6. The maximum Gasteiger partial charge on any atom is 0.242 e. The second-order valence-corrected chi connectivity index (χ2v) is 7.51. The van der Waals surface area contributed by atoms with E-state index in [0.717, 1.165) is 0 Å². The van der Waals surface area contributed by atoms with Crippen molar-refractivity contribution >= 4 is 37.6 Å². The molecule has 1 rings (SSSR count). The van der Waals surface area contributed by atoms with Crippen LogP contribution in [0.5, 0.6) is 0 Å². The third-order valence-corrected chi connectivity index (χ3v) is 5.01. The van der Waals surface area contributed by atoms with Crippen molar-refractivity contribution in [2.45, 2.75) is 30.7 Å². The number of benzene rings is 1. The Labute approximate surface area is 121 Å². The van der Waals surface area contributed by atoms with Gasteiger partial charge in [-0.05, 0) is 38.5 Å². The van der Waals surface area contributed by atoms with E-state index in [1.807, 2.05) is 0 Å². The van der Waals surface area contributed by atoms with Crippen LogP contribution < -0.4 is 4.72 Å². The van der Waals surface area contributed by atoms with Crippen LogP contribution in [0, 0.1) is 0 Å². The van der Waals surface area contributed by atoms with E-state index in [-0.39, 0.29) is 16.5 Å². The Morgan fingerprint density at radius 2 is 2.06 bits per heavy atom. The molecular weight excluding hydrogens is 342 g/mol. The second-order valence-electron chi connectivity index (χ2n) is 4.54. The molecule has 0 aliphatic rings. The quantitative estimate of drug-likeness (QED) is 0.852. The fourth-order valence-corrected chi connectivity index (χ4v) is 3.92. The van der Waals surface area contributed by atoms with E-state index in [4.69, 9.17) is 16.7 Å². The summed E-state index contributed by atoms with van der Waals surface area (Å²) >= 11 is 9.14. The Morgan fingerprint density at radius 1 is 1.44 bits per heavy atom. The van der Waals surface area contributed by atoms with Crippen molar-refractivity contribution in [3.05, 3.63) is 27.7 Å². The van der Waals surface area contributed by atoms with Crippen molar-refractivity contribution in [1.29, 1.82) is 0 Å². The summed E-state index contributed by atoms with van der Waals surface area (Å²) in [5.41, 5.74) is -0.732. The third kappa shape index (κ3) is 4.20. The maximum atomic E-state index is 12.2. The molecule has 1 aromatic carbocycles. The van der Waals surface area contributed by atoms with Crippen molar-refractivity contribution in [1.82, 2.24) is 4.72 Å². The fraction of sp³-hybridized carbons (Fsp3) is 0.455. The van der Waals surface area contributed by atoms with Gasteiger partial charge in [-0.2, -0.15) is 0 Å². The van der Waals surface area contributed by atoms with Crippen LogP contribution in [0.2, 0.25) is 5.02 Å². The minimum atomic E-state index is -3.70. The number of hydrogen-bond donors (Lipinski definition) is 2. The standard InChI is InChI=1S/C11H15BrClNO3S/c1-11(2,5-6-15)14-18(16,17)10-4-3-8(12)7-9(10)13/h3-4,7,14-15H,5-6H2,1-2H3. The highest BCUT2D eigenvalue weighted by Gasteiger charge is 2.27. The highest BCUT2D eigenvalue weighted by atomic mass is 79.9. The van der Waals surface area contributed by atoms with Crippen molar-refractivity contribution in [2.75, 3.05) is 6.61 Å². The van der Waals surface area contributed by atoms with Gasteiger partial charge in [-0.25, -0.2) is 13.1 Å². The van der Waals surface area contributed by atoms with Crippen LogP contribution in [-0.2, 0) is 10.0 Å². The summed E-state index contributed by atoms with van der Waals surface area (Å²) in [4.78, 5) is 0.0263. The molecule has 0 aromatic heterocycles. The number of halogens is 2. The van der Waals surface area contributed by atoms with Gasteiger partial charge in [0.1, 0.15) is 4.90 Å². The lowest BCUT2D eigenvalue weighted by molar-refractivity contribution is 0.246. The number of aliphatic hydroxyl groups excluding tert-OH is 1. The summed E-state index contributed by atoms with van der Waals surface area (Å²) in [5.74, 6) is 0. The van der Waals surface area contributed by atoms with Crippen LogP contribution in [0.1, 0.15) is 20.3 Å². The summed E-state index contributed by atoms with van der Waals surface area (Å²) in [6, 6.07) is 4.57. The molecule has 2 N–H and O–H groups in total. The highest BCUT2D eigenvalue weighted by molar-refractivity contribution is 9.10. The van der Waals surface area contributed by atoms with E-state index in [0.29, 0.717) is 10.9 Å². The molecule has 0 unspecified atom stereocenters. The summed E-state index contributed by atoms with van der Waals surface area (Å²) in [6.07, 6.45) is 0.320. The van der Waals surface area contributed by atoms with Gasteiger partial charge < -0.3 is 5.11 Å². The highest BCUT2D eigenvalue weighted by Crippen LogP contribution is 2.26. The molecule has 18 heavy (non-hydrogen) atoms. The molecular formula is C11H15BrClNO3S. The van der Waals surface area contributed by atoms with E-state index in [2.05, 4.69) is 20.7 Å². The molecule has 1 aromatic rings. The monoisotopic (exact) mass is 355 g/mol. The average Bonchev–Trinajstić information content (AvgIpc) is 2.14. The smallest absolute Gasteiger partial charge is 0.242 e. The lowest BCUT2D eigenvalue weighted by Gasteiger charge is -2.25. The SMILES string of the molecule is CC(C)(CCO)NS(=O)(=O)c1ccc(Br)cc1Cl. The first-order valence-corrected chi connectivity index (χ1v) is 7.93. The van der Waals surface area contributed by atoms with Crippen LogP contribution in [0.15, 0.2) is 27.6 Å². The molecule has 4 nitrogen and oxygen atoms in total. The summed E-state index contributed by atoms with van der Waals surface area (Å²) in [6.45, 7) is 3.31. The van der Waals surface area contributed by atoms with Crippen LogP contribution >= 0.6 is 27.5 Å². The van der Waals surface area contributed by atoms with Crippen LogP contribution in [-0.4, -0.2) is 25.7 Å². The zero-order valence-electron chi connectivity index (χ0n) is 10.1. The molecule has 0 fully saturated rings. The minimum absolute atomic E-state index is 0.0263. The second kappa shape index (κ2) is 5.88. The first-order chi connectivity index (χ1) is 8.18. The summed E-state index contributed by atoms with van der Waals surface area (Å²) in [7, 11) is -3.70. The van der Waals surface area contributed by atoms with Crippen LogP contribution in [0.4, 0.5) is 0 Å². The molecule has 0 aliphatic carbocycles. The third-order valence-electron chi connectivity index (χ3n) is 2.33. The van der Waals surface area contributed by atoms with Gasteiger partial charge in [-0.1, -0.05) is 27.5 Å². The van der Waals surface area contributed by atoms with E-state index >= 15 is 0 Å². The van der Waals surface area contributed by atoms with Crippen molar-refractivity contribution < 1.29 is 13.5 Å². The van der Waals surface area contributed by atoms with Gasteiger partial charge in [0.15, 0.2) is 0 Å². The predicted octanol–water partition coefficient (Wildman–Crippen LogP) is 2.54. The average molecular weight is 357 g/mol. The Bertz CT molecular complexity index is 531. The molecule has 0 atom stereocenters. The molecule has 0 saturated heterocycles. The molecule has 102 valence electrons. The number of hydrogen-bond acceptors (Lipinski definition) is 3. The van der Waals surface area contributed by atoms with Gasteiger partial charge in [-0.3, -0.25) is 0 Å². The minimum Gasteiger partial charge on any atom is -0.396 e. The van der Waals surface area contributed by atoms with E-state index in [9.17, 15) is 8.42 Å². The Kier molecular flexibility index (Phi) is 5.20. The lowest BCUT2D eigenvalue weighted by atomic mass is 10.0. The van der Waals surface area contributed by atoms with Gasteiger partial charge in [-0.15, -0.1) is 0 Å². The topological polar surface area (TPSA) is 66.4 Å². The van der Waals surface area contributed by atoms with Gasteiger partial charge in [0, 0.05) is 16.6 Å². The fourth-order valence-electron chi connectivity index (χ4n) is 1.44. The number of sulfonamides is 1. The molecule has 0 amide bonds. The van der Waals surface area contributed by atoms with Crippen molar-refractivity contribution in [3.8, 4) is 0 Å². The van der Waals surface area contributed by atoms with Gasteiger partial charge in [0.25, 0.3) is 0 Å². The predicted molar refractivity (Wildman–Crippen MR) is 75.3 cm³/mol. The van der Waals surface area contributed by atoms with E-state index in [1.165, 1.54) is 12.1 Å². The number of aliphatic hydroxyl groups is 1. The molecule has 0 bridgehead atoms. The lowest BCUT2D eigenvalue weighted by Crippen LogP contribution is -2.43.